The number of nitrogens with zero attached hydrogens (tertiary/aromatic N) is 2. The molecule has 25 heavy (non-hydrogen) atoms. The summed E-state index contributed by atoms with van der Waals surface area (Å²) in [7, 11) is 8.88. The second-order valence-electron chi connectivity index (χ2n) is 5.80. The monoisotopic (exact) mass is 346 g/mol. The lowest BCUT2D eigenvalue weighted by Gasteiger charge is -2.14. The molecule has 6 heteroatoms. The quantitative estimate of drug-likeness (QED) is 0.650. The second kappa shape index (κ2) is 9.13. The lowest BCUT2D eigenvalue weighted by molar-refractivity contribution is 0.273. The first-order valence-corrected chi connectivity index (χ1v) is 8.13. The molecule has 6 nitrogen and oxygen atoms in total. The minimum Gasteiger partial charge on any atom is -0.493 e. The van der Waals surface area contributed by atoms with E-state index in [4.69, 9.17) is 18.9 Å². The molecule has 0 aliphatic heterocycles. The molecule has 2 aromatic rings. The van der Waals surface area contributed by atoms with Crippen LogP contribution in [0.15, 0.2) is 30.5 Å². The minimum atomic E-state index is 0.572. The van der Waals surface area contributed by atoms with Gasteiger partial charge in [0.2, 0.25) is 11.6 Å². The van der Waals surface area contributed by atoms with Gasteiger partial charge in [0.25, 0.3) is 0 Å². The topological polar surface area (TPSA) is 53.1 Å². The van der Waals surface area contributed by atoms with E-state index in [0.717, 1.165) is 24.1 Å². The Morgan fingerprint density at radius 1 is 0.920 bits per heavy atom. The first-order valence-electron chi connectivity index (χ1n) is 8.13. The maximum Gasteiger partial charge on any atom is 0.213 e. The van der Waals surface area contributed by atoms with Crippen molar-refractivity contribution >= 4 is 0 Å². The second-order valence-corrected chi connectivity index (χ2v) is 5.80. The van der Waals surface area contributed by atoms with Crippen LogP contribution in [-0.2, 0) is 0 Å². The molecule has 0 aliphatic rings. The summed E-state index contributed by atoms with van der Waals surface area (Å²) in [5, 5.41) is 0. The Morgan fingerprint density at radius 2 is 1.60 bits per heavy atom. The van der Waals surface area contributed by atoms with Crippen molar-refractivity contribution < 1.29 is 18.9 Å². The third kappa shape index (κ3) is 5.00. The highest BCUT2D eigenvalue weighted by Gasteiger charge is 2.14. The lowest BCUT2D eigenvalue weighted by Crippen LogP contribution is -2.15. The number of aromatic nitrogens is 1. The Kier molecular flexibility index (Phi) is 6.89. The van der Waals surface area contributed by atoms with Crippen LogP contribution in [0.1, 0.15) is 6.42 Å². The van der Waals surface area contributed by atoms with Crippen LogP contribution in [0.25, 0.3) is 11.1 Å². The molecule has 2 rings (SSSR count). The summed E-state index contributed by atoms with van der Waals surface area (Å²) < 4.78 is 21.8. The number of hydrogen-bond donors (Lipinski definition) is 0. The van der Waals surface area contributed by atoms with Crippen LogP contribution in [0.4, 0.5) is 0 Å². The van der Waals surface area contributed by atoms with Crippen molar-refractivity contribution in [1.82, 2.24) is 9.88 Å². The first kappa shape index (κ1) is 18.9. The van der Waals surface area contributed by atoms with Crippen molar-refractivity contribution in [1.29, 1.82) is 0 Å². The molecule has 0 radical (unpaired) electrons. The van der Waals surface area contributed by atoms with E-state index < -0.39 is 0 Å². The number of rotatable bonds is 9. The fourth-order valence-electron chi connectivity index (χ4n) is 2.44. The predicted molar refractivity (Wildman–Crippen MR) is 98.0 cm³/mol. The zero-order valence-electron chi connectivity index (χ0n) is 15.5. The molecule has 0 aliphatic carbocycles. The maximum atomic E-state index is 5.67. The molecule has 0 amide bonds. The van der Waals surface area contributed by atoms with Gasteiger partial charge in [0.15, 0.2) is 11.5 Å². The van der Waals surface area contributed by atoms with Crippen LogP contribution in [-0.4, -0.2) is 58.5 Å². The van der Waals surface area contributed by atoms with Crippen molar-refractivity contribution in [3.05, 3.63) is 30.5 Å². The number of methoxy groups -OCH3 is 3. The van der Waals surface area contributed by atoms with Gasteiger partial charge >= 0.3 is 0 Å². The molecule has 0 spiro atoms. The van der Waals surface area contributed by atoms with Crippen molar-refractivity contribution in [2.24, 2.45) is 0 Å². The standard InChI is InChI=1S/C19H26N2O4/c1-21(2)9-6-10-25-18-8-7-14(13-20-18)15-11-16(22-3)19(24-5)17(12-15)23-4/h7-8,11-13H,6,9-10H2,1-5H3. The predicted octanol–water partition coefficient (Wildman–Crippen LogP) is 3.10. The Morgan fingerprint density at radius 3 is 2.08 bits per heavy atom. The average Bonchev–Trinajstić information content (AvgIpc) is 2.64. The molecule has 0 fully saturated rings. The Bertz CT molecular complexity index is 647. The maximum absolute atomic E-state index is 5.67. The molecule has 0 unspecified atom stereocenters. The third-order valence-electron chi connectivity index (χ3n) is 3.73. The first-order chi connectivity index (χ1) is 12.1. The normalized spacial score (nSPS) is 10.6. The van der Waals surface area contributed by atoms with E-state index in [0.29, 0.717) is 29.7 Å². The van der Waals surface area contributed by atoms with Gasteiger partial charge in [-0.25, -0.2) is 4.98 Å². The van der Waals surface area contributed by atoms with Crippen molar-refractivity contribution in [2.45, 2.75) is 6.42 Å². The molecule has 1 aromatic heterocycles. The molecule has 0 saturated heterocycles. The summed E-state index contributed by atoms with van der Waals surface area (Å²) >= 11 is 0. The van der Waals surface area contributed by atoms with E-state index >= 15 is 0 Å². The van der Waals surface area contributed by atoms with Gasteiger partial charge in [-0.15, -0.1) is 0 Å². The SMILES string of the molecule is COc1cc(-c2ccc(OCCCN(C)C)nc2)cc(OC)c1OC. The highest BCUT2D eigenvalue weighted by atomic mass is 16.5. The van der Waals surface area contributed by atoms with E-state index in [9.17, 15) is 0 Å². The number of pyridine rings is 1. The Labute approximate surface area is 149 Å². The molecule has 0 atom stereocenters. The summed E-state index contributed by atoms with van der Waals surface area (Å²) in [5.41, 5.74) is 1.88. The van der Waals surface area contributed by atoms with Gasteiger partial charge in [0.05, 0.1) is 27.9 Å². The van der Waals surface area contributed by atoms with Gasteiger partial charge in [0.1, 0.15) is 0 Å². The molecular weight excluding hydrogens is 320 g/mol. The summed E-state index contributed by atoms with van der Waals surface area (Å²) in [6.07, 6.45) is 2.74. The van der Waals surface area contributed by atoms with Gasteiger partial charge in [-0.3, -0.25) is 0 Å². The van der Waals surface area contributed by atoms with E-state index in [1.54, 1.807) is 27.5 Å². The molecule has 0 bridgehead atoms. The van der Waals surface area contributed by atoms with Crippen LogP contribution in [0.2, 0.25) is 0 Å². The molecule has 0 N–H and O–H groups in total. The Hall–Kier alpha value is -2.47. The van der Waals surface area contributed by atoms with Gasteiger partial charge in [-0.2, -0.15) is 0 Å². The third-order valence-corrected chi connectivity index (χ3v) is 3.73. The van der Waals surface area contributed by atoms with Crippen molar-refractivity contribution in [3.8, 4) is 34.3 Å². The molecular formula is C19H26N2O4. The Balaban J connectivity index is 2.13. The zero-order chi connectivity index (χ0) is 18.2. The van der Waals surface area contributed by atoms with E-state index in [2.05, 4.69) is 9.88 Å². The van der Waals surface area contributed by atoms with E-state index in [1.165, 1.54) is 0 Å². The fourth-order valence-corrected chi connectivity index (χ4v) is 2.44. The van der Waals surface area contributed by atoms with E-state index in [1.807, 2.05) is 38.4 Å². The van der Waals surface area contributed by atoms with Gasteiger partial charge < -0.3 is 23.8 Å². The smallest absolute Gasteiger partial charge is 0.213 e. The minimum absolute atomic E-state index is 0.572. The van der Waals surface area contributed by atoms with Crippen LogP contribution in [0, 0.1) is 0 Å². The van der Waals surface area contributed by atoms with Gasteiger partial charge in [-0.1, -0.05) is 0 Å². The lowest BCUT2D eigenvalue weighted by atomic mass is 10.1. The van der Waals surface area contributed by atoms with Gasteiger partial charge in [0, 0.05) is 24.4 Å². The molecule has 1 heterocycles. The summed E-state index contributed by atoms with van der Waals surface area (Å²) in [6.45, 7) is 1.64. The van der Waals surface area contributed by atoms with Crippen LogP contribution < -0.4 is 18.9 Å². The zero-order valence-corrected chi connectivity index (χ0v) is 15.5. The van der Waals surface area contributed by atoms with Crippen LogP contribution in [0.5, 0.6) is 23.1 Å². The number of benzene rings is 1. The van der Waals surface area contributed by atoms with E-state index in [-0.39, 0.29) is 0 Å². The van der Waals surface area contributed by atoms with Crippen LogP contribution in [0.3, 0.4) is 0 Å². The molecule has 0 saturated carbocycles. The summed E-state index contributed by atoms with van der Waals surface area (Å²) in [4.78, 5) is 6.51. The molecule has 1 aromatic carbocycles. The number of hydrogen-bond acceptors (Lipinski definition) is 6. The number of ether oxygens (including phenoxy) is 4. The van der Waals surface area contributed by atoms with Gasteiger partial charge in [-0.05, 0) is 44.3 Å². The fraction of sp³-hybridized carbons (Fsp3) is 0.421. The van der Waals surface area contributed by atoms with Crippen LogP contribution >= 0.6 is 0 Å². The van der Waals surface area contributed by atoms with Crippen molar-refractivity contribution in [2.75, 3.05) is 48.6 Å². The highest BCUT2D eigenvalue weighted by molar-refractivity contribution is 5.70. The summed E-state index contributed by atoms with van der Waals surface area (Å²) in [6, 6.07) is 7.63. The van der Waals surface area contributed by atoms with Crippen molar-refractivity contribution in [3.63, 3.8) is 0 Å². The largest absolute Gasteiger partial charge is 0.493 e. The highest BCUT2D eigenvalue weighted by Crippen LogP contribution is 2.41. The molecule has 136 valence electrons. The summed E-state index contributed by atoms with van der Waals surface area (Å²) in [5.74, 6) is 2.42. The average molecular weight is 346 g/mol.